The minimum Gasteiger partial charge on any atom is -0.338 e. The fourth-order valence-electron chi connectivity index (χ4n) is 3.30. The number of hydrogen-bond acceptors (Lipinski definition) is 3. The molecule has 3 atom stereocenters. The maximum Gasteiger partial charge on any atom is 0.223 e. The molecule has 128 valence electrons. The molecule has 1 aromatic heterocycles. The molecule has 0 bridgehead atoms. The van der Waals surface area contributed by atoms with Crippen molar-refractivity contribution in [3.63, 3.8) is 0 Å². The zero-order valence-electron chi connectivity index (χ0n) is 15.0. The Labute approximate surface area is 139 Å². The van der Waals surface area contributed by atoms with E-state index in [2.05, 4.69) is 37.3 Å². The van der Waals surface area contributed by atoms with Crippen molar-refractivity contribution in [1.82, 2.24) is 20.0 Å². The van der Waals surface area contributed by atoms with Crippen molar-refractivity contribution < 1.29 is 4.79 Å². The van der Waals surface area contributed by atoms with Gasteiger partial charge in [0.15, 0.2) is 0 Å². The van der Waals surface area contributed by atoms with E-state index in [0.717, 1.165) is 24.9 Å². The van der Waals surface area contributed by atoms with Crippen LogP contribution >= 0.6 is 0 Å². The molecular weight excluding hydrogens is 288 g/mol. The molecule has 5 nitrogen and oxygen atoms in total. The molecule has 1 aliphatic rings. The maximum absolute atomic E-state index is 12.1. The van der Waals surface area contributed by atoms with Crippen LogP contribution in [0.1, 0.15) is 51.6 Å². The van der Waals surface area contributed by atoms with E-state index in [1.165, 1.54) is 5.57 Å². The molecule has 5 heteroatoms. The topological polar surface area (TPSA) is 50.2 Å². The van der Waals surface area contributed by atoms with Gasteiger partial charge in [-0.15, -0.1) is 0 Å². The first kappa shape index (κ1) is 17.7. The molecule has 1 aliphatic heterocycles. The first-order valence-corrected chi connectivity index (χ1v) is 8.49. The lowest BCUT2D eigenvalue weighted by molar-refractivity contribution is -0.127. The van der Waals surface area contributed by atoms with E-state index in [1.807, 2.05) is 31.4 Å². The quantitative estimate of drug-likeness (QED) is 0.786. The summed E-state index contributed by atoms with van der Waals surface area (Å²) in [4.78, 5) is 14.0. The highest BCUT2D eigenvalue weighted by molar-refractivity contribution is 5.79. The van der Waals surface area contributed by atoms with Crippen molar-refractivity contribution in [2.75, 3.05) is 13.6 Å². The van der Waals surface area contributed by atoms with E-state index in [9.17, 15) is 4.79 Å². The number of aromatic nitrogens is 2. The molecule has 2 rings (SSSR count). The van der Waals surface area contributed by atoms with Gasteiger partial charge >= 0.3 is 0 Å². The lowest BCUT2D eigenvalue weighted by Crippen LogP contribution is -2.33. The van der Waals surface area contributed by atoms with E-state index in [-0.39, 0.29) is 11.9 Å². The molecule has 1 N–H and O–H groups in total. The fraction of sp³-hybridized carbons (Fsp3) is 0.667. The molecular formula is C18H30N4O. The van der Waals surface area contributed by atoms with Crippen LogP contribution in [-0.4, -0.2) is 40.2 Å². The van der Waals surface area contributed by atoms with E-state index in [0.29, 0.717) is 18.4 Å². The Bertz CT molecular complexity index is 559. The van der Waals surface area contributed by atoms with Crippen LogP contribution in [0, 0.1) is 5.92 Å². The minimum atomic E-state index is 0.133. The Morgan fingerprint density at radius 3 is 2.83 bits per heavy atom. The summed E-state index contributed by atoms with van der Waals surface area (Å²) in [5.41, 5.74) is 2.50. The Kier molecular flexibility index (Phi) is 5.99. The summed E-state index contributed by atoms with van der Waals surface area (Å²) in [5.74, 6) is 0.533. The number of likely N-dealkylation sites (tertiary alicyclic amines) is 1. The highest BCUT2D eigenvalue weighted by atomic mass is 16.2. The Balaban J connectivity index is 1.92. The maximum atomic E-state index is 12.1. The van der Waals surface area contributed by atoms with Crippen molar-refractivity contribution >= 4 is 5.91 Å². The van der Waals surface area contributed by atoms with Crippen LogP contribution < -0.4 is 5.32 Å². The van der Waals surface area contributed by atoms with Crippen LogP contribution in [0.4, 0.5) is 0 Å². The van der Waals surface area contributed by atoms with Crippen LogP contribution in [0.2, 0.25) is 0 Å². The van der Waals surface area contributed by atoms with Crippen LogP contribution in [0.3, 0.4) is 0 Å². The molecule has 1 aromatic rings. The number of aryl methyl sites for hydroxylation is 1. The highest BCUT2D eigenvalue weighted by Crippen LogP contribution is 2.36. The van der Waals surface area contributed by atoms with E-state index in [4.69, 9.17) is 0 Å². The molecule has 0 aromatic carbocycles. The number of nitrogens with zero attached hydrogens (tertiary/aromatic N) is 3. The standard InChI is InChI=1S/C18H30N4O/c1-13(2)7-6-8-14(3)19-10-15-9-17(23)22(5)18(15)16-11-20-21(4)12-16/h7,11-12,14-15,18-19H,6,8-10H2,1-5H3/t14-,15-,18+/m0/s1. The minimum absolute atomic E-state index is 0.133. The summed E-state index contributed by atoms with van der Waals surface area (Å²) in [5, 5.41) is 7.87. The van der Waals surface area contributed by atoms with Crippen molar-refractivity contribution in [2.45, 2.75) is 52.1 Å². The molecule has 23 heavy (non-hydrogen) atoms. The zero-order chi connectivity index (χ0) is 17.0. The van der Waals surface area contributed by atoms with E-state index >= 15 is 0 Å². The van der Waals surface area contributed by atoms with Gasteiger partial charge in [0.25, 0.3) is 0 Å². The molecule has 1 fully saturated rings. The second kappa shape index (κ2) is 7.77. The average molecular weight is 318 g/mol. The predicted octanol–water partition coefficient (Wildman–Crippen LogP) is 2.66. The third-order valence-electron chi connectivity index (χ3n) is 4.64. The van der Waals surface area contributed by atoms with Gasteiger partial charge in [0.1, 0.15) is 0 Å². The van der Waals surface area contributed by atoms with E-state index < -0.39 is 0 Å². The normalized spacial score (nSPS) is 22.5. The van der Waals surface area contributed by atoms with Gasteiger partial charge in [0.05, 0.1) is 12.2 Å². The molecule has 2 heterocycles. The van der Waals surface area contributed by atoms with Crippen LogP contribution in [-0.2, 0) is 11.8 Å². The number of rotatable bonds is 7. The second-order valence-electron chi connectivity index (χ2n) is 7.03. The summed E-state index contributed by atoms with van der Waals surface area (Å²) >= 11 is 0. The SMILES string of the molecule is CC(C)=CCC[C@H](C)NC[C@@H]1CC(=O)N(C)[C@H]1c1cnn(C)c1. The Morgan fingerprint density at radius 2 is 2.22 bits per heavy atom. The lowest BCUT2D eigenvalue weighted by Gasteiger charge is -2.25. The van der Waals surface area contributed by atoms with E-state index in [1.54, 1.807) is 4.68 Å². The number of amides is 1. The summed E-state index contributed by atoms with van der Waals surface area (Å²) < 4.78 is 1.80. The van der Waals surface area contributed by atoms with Gasteiger partial charge in [-0.2, -0.15) is 5.10 Å². The van der Waals surface area contributed by atoms with Crippen LogP contribution in [0.15, 0.2) is 24.0 Å². The van der Waals surface area contributed by atoms with Crippen molar-refractivity contribution in [3.8, 4) is 0 Å². The lowest BCUT2D eigenvalue weighted by atomic mass is 9.95. The van der Waals surface area contributed by atoms with Gasteiger partial charge in [-0.05, 0) is 33.6 Å². The summed E-state index contributed by atoms with van der Waals surface area (Å²) in [6.07, 6.45) is 9.02. The molecule has 0 spiro atoms. The largest absolute Gasteiger partial charge is 0.338 e. The molecule has 0 radical (unpaired) electrons. The first-order chi connectivity index (χ1) is 10.9. The molecule has 0 saturated carbocycles. The number of hydrogen-bond donors (Lipinski definition) is 1. The van der Waals surface area contributed by atoms with Gasteiger partial charge in [-0.25, -0.2) is 0 Å². The first-order valence-electron chi connectivity index (χ1n) is 8.49. The number of carbonyl (C=O) groups is 1. The smallest absolute Gasteiger partial charge is 0.223 e. The number of allylic oxidation sites excluding steroid dienone is 2. The molecule has 0 unspecified atom stereocenters. The predicted molar refractivity (Wildman–Crippen MR) is 93.0 cm³/mol. The van der Waals surface area contributed by atoms with Gasteiger partial charge in [0.2, 0.25) is 5.91 Å². The summed E-state index contributed by atoms with van der Waals surface area (Å²) in [7, 11) is 3.82. The third-order valence-corrected chi connectivity index (χ3v) is 4.64. The highest BCUT2D eigenvalue weighted by Gasteiger charge is 2.38. The van der Waals surface area contributed by atoms with Crippen molar-refractivity contribution in [2.24, 2.45) is 13.0 Å². The van der Waals surface area contributed by atoms with Crippen molar-refractivity contribution in [3.05, 3.63) is 29.6 Å². The Morgan fingerprint density at radius 1 is 1.48 bits per heavy atom. The third kappa shape index (κ3) is 4.67. The van der Waals surface area contributed by atoms with Crippen LogP contribution in [0.25, 0.3) is 0 Å². The van der Waals surface area contributed by atoms with Gasteiger partial charge in [0, 0.05) is 50.8 Å². The number of carbonyl (C=O) groups excluding carboxylic acids is 1. The van der Waals surface area contributed by atoms with Gasteiger partial charge < -0.3 is 10.2 Å². The Hall–Kier alpha value is -1.62. The summed E-state index contributed by atoms with van der Waals surface area (Å²) in [6, 6.07) is 0.592. The molecule has 0 aliphatic carbocycles. The van der Waals surface area contributed by atoms with Gasteiger partial charge in [-0.3, -0.25) is 9.48 Å². The van der Waals surface area contributed by atoms with Crippen molar-refractivity contribution in [1.29, 1.82) is 0 Å². The van der Waals surface area contributed by atoms with Gasteiger partial charge in [-0.1, -0.05) is 11.6 Å². The average Bonchev–Trinajstić information content (AvgIpc) is 3.01. The number of nitrogens with one attached hydrogen (secondary N) is 1. The molecule has 1 saturated heterocycles. The van der Waals surface area contributed by atoms with Crippen LogP contribution in [0.5, 0.6) is 0 Å². The fourth-order valence-corrected chi connectivity index (χ4v) is 3.30. The molecule has 1 amide bonds. The monoisotopic (exact) mass is 318 g/mol. The zero-order valence-corrected chi connectivity index (χ0v) is 15.0. The second-order valence-corrected chi connectivity index (χ2v) is 7.03. The summed E-state index contributed by atoms with van der Waals surface area (Å²) in [6.45, 7) is 7.36.